The fraction of sp³-hybridized carbons (Fsp3) is 0.125. The minimum absolute atomic E-state index is 0.00161. The van der Waals surface area contributed by atoms with E-state index < -0.39 is 16.6 Å². The quantitative estimate of drug-likeness (QED) is 0.290. The Morgan fingerprint density at radius 1 is 1.26 bits per heavy atom. The molecule has 0 bridgehead atoms. The van der Waals surface area contributed by atoms with Gasteiger partial charge in [0.2, 0.25) is 5.75 Å². The third kappa shape index (κ3) is 4.25. The lowest BCUT2D eigenvalue weighted by Gasteiger charge is -2.10. The first-order valence-electron chi connectivity index (χ1n) is 6.56. The van der Waals surface area contributed by atoms with E-state index in [1.54, 1.807) is 6.07 Å². The van der Waals surface area contributed by atoms with Crippen molar-refractivity contribution in [3.63, 3.8) is 0 Å². The SMILES string of the molecule is C=CCOc1cc(F)cc(Cc2ccc(I)cc2F)c1[N+](=O)[O-]. The van der Waals surface area contributed by atoms with Crippen LogP contribution in [0.3, 0.4) is 0 Å². The lowest BCUT2D eigenvalue weighted by Crippen LogP contribution is -2.04. The minimum Gasteiger partial charge on any atom is -0.483 e. The minimum atomic E-state index is -0.685. The summed E-state index contributed by atoms with van der Waals surface area (Å²) in [6.07, 6.45) is 1.29. The molecule has 0 amide bonds. The lowest BCUT2D eigenvalue weighted by atomic mass is 10.0. The van der Waals surface area contributed by atoms with E-state index in [4.69, 9.17) is 4.74 Å². The van der Waals surface area contributed by atoms with Gasteiger partial charge in [-0.05, 0) is 46.4 Å². The Bertz CT molecular complexity index is 765. The molecule has 23 heavy (non-hydrogen) atoms. The lowest BCUT2D eigenvalue weighted by molar-refractivity contribution is -0.386. The highest BCUT2D eigenvalue weighted by Gasteiger charge is 2.23. The highest BCUT2D eigenvalue weighted by molar-refractivity contribution is 14.1. The second-order valence-electron chi connectivity index (χ2n) is 4.68. The summed E-state index contributed by atoms with van der Waals surface area (Å²) in [6, 6.07) is 6.48. The van der Waals surface area contributed by atoms with Crippen LogP contribution in [0.5, 0.6) is 5.75 Å². The van der Waals surface area contributed by atoms with Crippen LogP contribution in [0, 0.1) is 25.3 Å². The van der Waals surface area contributed by atoms with Crippen molar-refractivity contribution in [3.8, 4) is 5.75 Å². The molecule has 120 valence electrons. The van der Waals surface area contributed by atoms with E-state index in [-0.39, 0.29) is 35.6 Å². The number of nitrogens with zero attached hydrogens (tertiary/aromatic N) is 1. The van der Waals surface area contributed by atoms with Crippen LogP contribution in [0.4, 0.5) is 14.5 Å². The highest BCUT2D eigenvalue weighted by Crippen LogP contribution is 2.34. The Labute approximate surface area is 145 Å². The van der Waals surface area contributed by atoms with Crippen molar-refractivity contribution < 1.29 is 18.4 Å². The van der Waals surface area contributed by atoms with Gasteiger partial charge in [0.25, 0.3) is 0 Å². The second-order valence-corrected chi connectivity index (χ2v) is 5.93. The first-order chi connectivity index (χ1) is 10.9. The summed E-state index contributed by atoms with van der Waals surface area (Å²) in [5.41, 5.74) is -0.0749. The normalized spacial score (nSPS) is 10.4. The predicted molar refractivity (Wildman–Crippen MR) is 90.7 cm³/mol. The van der Waals surface area contributed by atoms with Gasteiger partial charge in [0.15, 0.2) is 0 Å². The Morgan fingerprint density at radius 3 is 2.61 bits per heavy atom. The molecule has 0 aromatic heterocycles. The molecule has 0 heterocycles. The van der Waals surface area contributed by atoms with Crippen LogP contribution < -0.4 is 4.74 Å². The number of benzene rings is 2. The molecule has 2 rings (SSSR count). The van der Waals surface area contributed by atoms with Crippen molar-refractivity contribution >= 4 is 28.3 Å². The molecule has 2 aromatic carbocycles. The average molecular weight is 431 g/mol. The number of hydrogen-bond donors (Lipinski definition) is 0. The molecule has 0 saturated heterocycles. The summed E-state index contributed by atoms with van der Waals surface area (Å²) in [5.74, 6) is -1.38. The van der Waals surface area contributed by atoms with Gasteiger partial charge in [0.05, 0.1) is 4.92 Å². The molecule has 0 atom stereocenters. The molecule has 7 heteroatoms. The summed E-state index contributed by atoms with van der Waals surface area (Å²) in [5, 5.41) is 11.3. The number of nitro groups is 1. The first-order valence-corrected chi connectivity index (χ1v) is 7.64. The van der Waals surface area contributed by atoms with Gasteiger partial charge in [0, 0.05) is 21.6 Å². The molecule has 2 aromatic rings. The molecule has 0 aliphatic carbocycles. The smallest absolute Gasteiger partial charge is 0.314 e. The van der Waals surface area contributed by atoms with Gasteiger partial charge in [-0.3, -0.25) is 10.1 Å². The number of ether oxygens (including phenoxy) is 1. The van der Waals surface area contributed by atoms with E-state index in [0.717, 1.165) is 12.1 Å². The van der Waals surface area contributed by atoms with E-state index >= 15 is 0 Å². The third-order valence-electron chi connectivity index (χ3n) is 3.05. The summed E-state index contributed by atoms with van der Waals surface area (Å²) in [4.78, 5) is 10.7. The van der Waals surface area contributed by atoms with Crippen LogP contribution in [0.15, 0.2) is 43.0 Å². The summed E-state index contributed by atoms with van der Waals surface area (Å²) < 4.78 is 33.6. The van der Waals surface area contributed by atoms with Gasteiger partial charge < -0.3 is 4.74 Å². The molecule has 0 saturated carbocycles. The van der Waals surface area contributed by atoms with Gasteiger partial charge in [-0.25, -0.2) is 8.78 Å². The van der Waals surface area contributed by atoms with Gasteiger partial charge >= 0.3 is 5.69 Å². The van der Waals surface area contributed by atoms with Gasteiger partial charge in [0.1, 0.15) is 18.2 Å². The van der Waals surface area contributed by atoms with Gasteiger partial charge in [-0.1, -0.05) is 18.7 Å². The molecule has 4 nitrogen and oxygen atoms in total. The average Bonchev–Trinajstić information content (AvgIpc) is 2.47. The van der Waals surface area contributed by atoms with Crippen LogP contribution in [0.2, 0.25) is 0 Å². The van der Waals surface area contributed by atoms with Crippen molar-refractivity contribution in [1.29, 1.82) is 0 Å². The van der Waals surface area contributed by atoms with Crippen LogP contribution in [-0.2, 0) is 6.42 Å². The molecule has 0 N–H and O–H groups in total. The van der Waals surface area contributed by atoms with Crippen molar-refractivity contribution in [2.45, 2.75) is 6.42 Å². The standard InChI is InChI=1S/C16H12F2INO3/c1-2-5-23-15-8-12(17)7-11(16(15)20(21)22)6-10-3-4-13(19)9-14(10)18/h2-4,7-9H,1,5-6H2. The molecule has 0 unspecified atom stereocenters. The molecule has 0 aliphatic rings. The van der Waals surface area contributed by atoms with Gasteiger partial charge in [-0.15, -0.1) is 0 Å². The van der Waals surface area contributed by atoms with Crippen molar-refractivity contribution in [1.82, 2.24) is 0 Å². The number of hydrogen-bond acceptors (Lipinski definition) is 3. The largest absolute Gasteiger partial charge is 0.483 e. The predicted octanol–water partition coefficient (Wildman–Crippen LogP) is 4.63. The molecular weight excluding hydrogens is 419 g/mol. The van der Waals surface area contributed by atoms with Crippen molar-refractivity contribution in [2.75, 3.05) is 6.61 Å². The number of rotatable bonds is 6. The Kier molecular flexibility index (Phi) is 5.64. The summed E-state index contributed by atoms with van der Waals surface area (Å²) in [6.45, 7) is 3.45. The Morgan fingerprint density at radius 2 is 2.00 bits per heavy atom. The fourth-order valence-electron chi connectivity index (χ4n) is 2.10. The van der Waals surface area contributed by atoms with E-state index in [1.807, 2.05) is 22.6 Å². The maximum absolute atomic E-state index is 14.0. The first kappa shape index (κ1) is 17.3. The molecule has 0 radical (unpaired) electrons. The molecule has 0 fully saturated rings. The van der Waals surface area contributed by atoms with Crippen LogP contribution in [0.25, 0.3) is 0 Å². The fourth-order valence-corrected chi connectivity index (χ4v) is 2.55. The van der Waals surface area contributed by atoms with E-state index in [1.165, 1.54) is 18.2 Å². The molecule has 0 aliphatic heterocycles. The van der Waals surface area contributed by atoms with Crippen molar-refractivity contribution in [2.24, 2.45) is 0 Å². The van der Waals surface area contributed by atoms with Crippen LogP contribution >= 0.6 is 22.6 Å². The Hall–Kier alpha value is -2.03. The maximum atomic E-state index is 14.0. The zero-order valence-corrected chi connectivity index (χ0v) is 14.0. The third-order valence-corrected chi connectivity index (χ3v) is 3.72. The molecule has 0 spiro atoms. The van der Waals surface area contributed by atoms with Gasteiger partial charge in [-0.2, -0.15) is 0 Å². The monoisotopic (exact) mass is 431 g/mol. The van der Waals surface area contributed by atoms with Crippen LogP contribution in [0.1, 0.15) is 11.1 Å². The second kappa shape index (κ2) is 7.49. The number of halogens is 3. The summed E-state index contributed by atoms with van der Waals surface area (Å²) in [7, 11) is 0. The number of nitro benzene ring substituents is 1. The topological polar surface area (TPSA) is 52.4 Å². The van der Waals surface area contributed by atoms with E-state index in [0.29, 0.717) is 3.57 Å². The zero-order chi connectivity index (χ0) is 17.0. The zero-order valence-electron chi connectivity index (χ0n) is 11.9. The maximum Gasteiger partial charge on any atom is 0.314 e. The summed E-state index contributed by atoms with van der Waals surface area (Å²) >= 11 is 1.96. The highest BCUT2D eigenvalue weighted by atomic mass is 127. The van der Waals surface area contributed by atoms with Crippen LogP contribution in [-0.4, -0.2) is 11.5 Å². The molecular formula is C16H12F2INO3. The van der Waals surface area contributed by atoms with Crippen molar-refractivity contribution in [3.05, 3.63) is 79.4 Å². The van der Waals surface area contributed by atoms with E-state index in [9.17, 15) is 18.9 Å². The Balaban J connectivity index is 2.49. The van der Waals surface area contributed by atoms with E-state index in [2.05, 4.69) is 6.58 Å².